The summed E-state index contributed by atoms with van der Waals surface area (Å²) in [6, 6.07) is 6.12. The summed E-state index contributed by atoms with van der Waals surface area (Å²) in [6.07, 6.45) is 5.11. The minimum Gasteiger partial charge on any atom is -0.375 e. The van der Waals surface area contributed by atoms with Crippen LogP contribution in [0.3, 0.4) is 0 Å². The van der Waals surface area contributed by atoms with Gasteiger partial charge >= 0.3 is 6.03 Å². The Morgan fingerprint density at radius 3 is 2.46 bits per heavy atom. The first-order chi connectivity index (χ1) is 11.2. The van der Waals surface area contributed by atoms with Crippen molar-refractivity contribution in [2.75, 3.05) is 18.4 Å². The van der Waals surface area contributed by atoms with Gasteiger partial charge in [-0.25, -0.2) is 4.79 Å². The lowest BCUT2D eigenvalue weighted by Gasteiger charge is -2.20. The fourth-order valence-electron chi connectivity index (χ4n) is 1.78. The first-order valence-electron chi connectivity index (χ1n) is 7.39. The summed E-state index contributed by atoms with van der Waals surface area (Å²) >= 11 is 0. The molecular formula is C17H22N4O3. The maximum absolute atomic E-state index is 12.0. The normalized spacial score (nSPS) is 10.2. The molecule has 0 radical (unpaired) electrons. The molecule has 24 heavy (non-hydrogen) atoms. The van der Waals surface area contributed by atoms with Crippen molar-refractivity contribution in [3.8, 4) is 12.3 Å². The monoisotopic (exact) mass is 330 g/mol. The van der Waals surface area contributed by atoms with Crippen LogP contribution in [0.5, 0.6) is 0 Å². The third-order valence-corrected chi connectivity index (χ3v) is 2.70. The number of terminal acetylenes is 1. The van der Waals surface area contributed by atoms with Crippen molar-refractivity contribution in [3.63, 3.8) is 0 Å². The lowest BCUT2D eigenvalue weighted by Crippen LogP contribution is -2.49. The maximum Gasteiger partial charge on any atom is 0.321 e. The second-order valence-corrected chi connectivity index (χ2v) is 6.04. The molecule has 0 aliphatic rings. The van der Waals surface area contributed by atoms with Crippen molar-refractivity contribution in [2.24, 2.45) is 0 Å². The highest BCUT2D eigenvalue weighted by Gasteiger charge is 2.16. The number of hydrogen-bond acceptors (Lipinski definition) is 4. The number of nitrogens with one attached hydrogen (secondary N) is 4. The Balaban J connectivity index is 2.61. The van der Waals surface area contributed by atoms with Gasteiger partial charge in [0.2, 0.25) is 5.91 Å². The van der Waals surface area contributed by atoms with E-state index in [-0.39, 0.29) is 19.0 Å². The molecule has 1 aromatic carbocycles. The highest BCUT2D eigenvalue weighted by molar-refractivity contribution is 6.01. The molecule has 4 N–H and O–H groups in total. The zero-order valence-corrected chi connectivity index (χ0v) is 14.0. The standard InChI is InChI=1S/C17H22N4O3/c1-5-10-18-15(23)12-8-6-7-9-13(12)19-11-14(22)20-16(24)21-17(2,3)4/h1,6-9,19H,10-11H2,2-4H3,(H,18,23)(H2,20,21,22,24). The van der Waals surface area contributed by atoms with Crippen LogP contribution in [0.25, 0.3) is 0 Å². The van der Waals surface area contributed by atoms with E-state index in [0.29, 0.717) is 11.3 Å². The molecule has 0 aromatic heterocycles. The number of anilines is 1. The zero-order valence-electron chi connectivity index (χ0n) is 14.0. The van der Waals surface area contributed by atoms with Crippen LogP contribution in [-0.4, -0.2) is 36.5 Å². The van der Waals surface area contributed by atoms with E-state index in [1.165, 1.54) is 0 Å². The van der Waals surface area contributed by atoms with Crippen LogP contribution >= 0.6 is 0 Å². The molecule has 0 aliphatic heterocycles. The summed E-state index contributed by atoms with van der Waals surface area (Å²) in [4.78, 5) is 35.4. The van der Waals surface area contributed by atoms with Gasteiger partial charge in [0.15, 0.2) is 0 Å². The molecular weight excluding hydrogens is 308 g/mol. The molecule has 0 bridgehead atoms. The van der Waals surface area contributed by atoms with Gasteiger partial charge in [-0.1, -0.05) is 18.1 Å². The van der Waals surface area contributed by atoms with Crippen LogP contribution in [-0.2, 0) is 4.79 Å². The zero-order chi connectivity index (χ0) is 18.2. The topological polar surface area (TPSA) is 99.3 Å². The quantitative estimate of drug-likeness (QED) is 0.607. The second kappa shape index (κ2) is 8.58. The average Bonchev–Trinajstić information content (AvgIpc) is 2.49. The van der Waals surface area contributed by atoms with Crippen molar-refractivity contribution in [3.05, 3.63) is 29.8 Å². The minimum atomic E-state index is -0.575. The Morgan fingerprint density at radius 1 is 1.17 bits per heavy atom. The predicted molar refractivity (Wildman–Crippen MR) is 92.5 cm³/mol. The number of hydrogen-bond donors (Lipinski definition) is 4. The Morgan fingerprint density at radius 2 is 1.83 bits per heavy atom. The first-order valence-corrected chi connectivity index (χ1v) is 7.39. The molecule has 0 spiro atoms. The second-order valence-electron chi connectivity index (χ2n) is 6.04. The average molecular weight is 330 g/mol. The Bertz CT molecular complexity index is 657. The lowest BCUT2D eigenvalue weighted by atomic mass is 10.1. The van der Waals surface area contributed by atoms with E-state index in [1.807, 2.05) is 0 Å². The number of amides is 4. The highest BCUT2D eigenvalue weighted by atomic mass is 16.2. The molecule has 0 saturated heterocycles. The Kier molecular flexibility index (Phi) is 6.80. The first kappa shape index (κ1) is 19.0. The van der Waals surface area contributed by atoms with E-state index < -0.39 is 17.5 Å². The summed E-state index contributed by atoms with van der Waals surface area (Å²) in [5.41, 5.74) is 0.387. The third-order valence-electron chi connectivity index (χ3n) is 2.70. The molecule has 0 atom stereocenters. The molecule has 1 aromatic rings. The highest BCUT2D eigenvalue weighted by Crippen LogP contribution is 2.14. The van der Waals surface area contributed by atoms with E-state index >= 15 is 0 Å². The molecule has 0 saturated carbocycles. The van der Waals surface area contributed by atoms with Crippen LogP contribution in [0.4, 0.5) is 10.5 Å². The minimum absolute atomic E-state index is 0.112. The number of carbonyl (C=O) groups is 3. The number of para-hydroxylation sites is 1. The molecule has 0 fully saturated rings. The largest absolute Gasteiger partial charge is 0.375 e. The van der Waals surface area contributed by atoms with Gasteiger partial charge in [-0.15, -0.1) is 6.42 Å². The molecule has 0 unspecified atom stereocenters. The molecule has 7 nitrogen and oxygen atoms in total. The Labute approximate surface area is 141 Å². The van der Waals surface area contributed by atoms with Crippen LogP contribution in [0.2, 0.25) is 0 Å². The van der Waals surface area contributed by atoms with E-state index in [2.05, 4.69) is 27.2 Å². The Hall–Kier alpha value is -3.01. The molecule has 0 heterocycles. The van der Waals surface area contributed by atoms with Crippen LogP contribution < -0.4 is 21.3 Å². The summed E-state index contributed by atoms with van der Waals surface area (Å²) in [7, 11) is 0. The van der Waals surface area contributed by atoms with Gasteiger partial charge in [-0.3, -0.25) is 14.9 Å². The summed E-state index contributed by atoms with van der Waals surface area (Å²) in [5, 5.41) is 10.2. The predicted octanol–water partition coefficient (Wildman–Crippen LogP) is 1.09. The summed E-state index contributed by atoms with van der Waals surface area (Å²) in [6.45, 7) is 5.37. The molecule has 1 rings (SSSR count). The van der Waals surface area contributed by atoms with E-state index in [9.17, 15) is 14.4 Å². The fourth-order valence-corrected chi connectivity index (χ4v) is 1.78. The van der Waals surface area contributed by atoms with Gasteiger partial charge in [-0.05, 0) is 32.9 Å². The van der Waals surface area contributed by atoms with Crippen molar-refractivity contribution in [2.45, 2.75) is 26.3 Å². The third kappa shape index (κ3) is 6.83. The van der Waals surface area contributed by atoms with Gasteiger partial charge in [0.05, 0.1) is 18.7 Å². The fraction of sp³-hybridized carbons (Fsp3) is 0.353. The number of rotatable bonds is 5. The maximum atomic E-state index is 12.0. The van der Waals surface area contributed by atoms with Crippen LogP contribution in [0, 0.1) is 12.3 Å². The van der Waals surface area contributed by atoms with Crippen LogP contribution in [0.1, 0.15) is 31.1 Å². The lowest BCUT2D eigenvalue weighted by molar-refractivity contribution is -0.118. The number of imide groups is 1. The SMILES string of the molecule is C#CCNC(=O)c1ccccc1NCC(=O)NC(=O)NC(C)(C)C. The van der Waals surface area contributed by atoms with Gasteiger partial charge in [0.25, 0.3) is 5.91 Å². The van der Waals surface area contributed by atoms with Crippen molar-refractivity contribution >= 4 is 23.5 Å². The number of benzene rings is 1. The van der Waals surface area contributed by atoms with Gasteiger partial charge in [-0.2, -0.15) is 0 Å². The van der Waals surface area contributed by atoms with Gasteiger partial charge < -0.3 is 16.0 Å². The van der Waals surface area contributed by atoms with Crippen molar-refractivity contribution < 1.29 is 14.4 Å². The number of carbonyl (C=O) groups excluding carboxylic acids is 3. The summed E-state index contributed by atoms with van der Waals surface area (Å²) in [5.74, 6) is 1.45. The molecule has 7 heteroatoms. The molecule has 0 aliphatic carbocycles. The smallest absolute Gasteiger partial charge is 0.321 e. The van der Waals surface area contributed by atoms with E-state index in [4.69, 9.17) is 6.42 Å². The van der Waals surface area contributed by atoms with E-state index in [1.54, 1.807) is 45.0 Å². The van der Waals surface area contributed by atoms with Gasteiger partial charge in [0, 0.05) is 11.2 Å². The van der Waals surface area contributed by atoms with Crippen LogP contribution in [0.15, 0.2) is 24.3 Å². The van der Waals surface area contributed by atoms with E-state index in [0.717, 1.165) is 0 Å². The molecule has 128 valence electrons. The molecule has 4 amide bonds. The number of urea groups is 1. The van der Waals surface area contributed by atoms with Crippen molar-refractivity contribution in [1.82, 2.24) is 16.0 Å². The van der Waals surface area contributed by atoms with Crippen molar-refractivity contribution in [1.29, 1.82) is 0 Å². The summed E-state index contributed by atoms with van der Waals surface area (Å²) < 4.78 is 0. The van der Waals surface area contributed by atoms with Gasteiger partial charge in [0.1, 0.15) is 0 Å².